The highest BCUT2D eigenvalue weighted by molar-refractivity contribution is 7.93. The number of carbonyl (C=O) groups is 1. The normalized spacial score (nSPS) is 24.0. The average Bonchev–Trinajstić information content (AvgIpc) is 3.43. The molecule has 3 atom stereocenters. The molecule has 0 bridgehead atoms. The van der Waals surface area contributed by atoms with Gasteiger partial charge in [0, 0.05) is 37.3 Å². The van der Waals surface area contributed by atoms with Crippen molar-refractivity contribution >= 4 is 44.9 Å². The molecule has 0 amide bonds. The molecule has 12 heteroatoms. The van der Waals surface area contributed by atoms with E-state index in [1.807, 2.05) is 6.92 Å². The summed E-state index contributed by atoms with van der Waals surface area (Å²) in [5.74, 6) is -1.23. The quantitative estimate of drug-likeness (QED) is 0.161. The molecule has 0 spiro atoms. The van der Waals surface area contributed by atoms with Gasteiger partial charge in [0.2, 0.25) is 10.0 Å². The van der Waals surface area contributed by atoms with Crippen molar-refractivity contribution in [3.05, 3.63) is 58.4 Å². The summed E-state index contributed by atoms with van der Waals surface area (Å²) in [5.41, 5.74) is 0.573. The van der Waals surface area contributed by atoms with E-state index in [1.54, 1.807) is 31.2 Å². The largest absolute Gasteiger partial charge is 0.489 e. The Balaban J connectivity index is 1.45. The fourth-order valence-electron chi connectivity index (χ4n) is 6.87. The monoisotopic (exact) mass is 683 g/mol. The molecule has 1 saturated carbocycles. The summed E-state index contributed by atoms with van der Waals surface area (Å²) < 4.78 is 56.3. The number of hydrogen-bond acceptors (Lipinski definition) is 7. The van der Waals surface area contributed by atoms with Crippen molar-refractivity contribution in [2.45, 2.75) is 95.0 Å². The van der Waals surface area contributed by atoms with Gasteiger partial charge in [-0.25, -0.2) is 22.8 Å². The van der Waals surface area contributed by atoms with Crippen LogP contribution < -0.4 is 9.04 Å². The zero-order valence-electron chi connectivity index (χ0n) is 26.1. The van der Waals surface area contributed by atoms with Gasteiger partial charge >= 0.3 is 5.97 Å². The van der Waals surface area contributed by atoms with Crippen molar-refractivity contribution in [1.29, 1.82) is 0 Å². The molecule has 0 radical (unpaired) electrons. The lowest BCUT2D eigenvalue weighted by Crippen LogP contribution is -2.50. The Bertz CT molecular complexity index is 1420. The summed E-state index contributed by atoms with van der Waals surface area (Å²) in [5, 5.41) is 3.55. The van der Waals surface area contributed by atoms with E-state index in [4.69, 9.17) is 32.7 Å². The van der Waals surface area contributed by atoms with Gasteiger partial charge in [0.15, 0.2) is 0 Å². The van der Waals surface area contributed by atoms with Crippen molar-refractivity contribution in [3.8, 4) is 5.75 Å². The Morgan fingerprint density at radius 2 is 1.73 bits per heavy atom. The number of ether oxygens (including phenoxy) is 2. The van der Waals surface area contributed by atoms with E-state index < -0.39 is 38.5 Å². The van der Waals surface area contributed by atoms with E-state index in [0.717, 1.165) is 25.7 Å². The van der Waals surface area contributed by atoms with Gasteiger partial charge in [0.1, 0.15) is 28.9 Å². The van der Waals surface area contributed by atoms with Crippen LogP contribution in [0.4, 0.5) is 10.1 Å². The number of hydrogen-bond donors (Lipinski definition) is 0. The number of rotatable bonds is 9. The Kier molecular flexibility index (Phi) is 11.6. The predicted octanol–water partition coefficient (Wildman–Crippen LogP) is 6.92. The van der Waals surface area contributed by atoms with Crippen LogP contribution in [0.15, 0.2) is 36.4 Å². The van der Waals surface area contributed by atoms with E-state index in [-0.39, 0.29) is 42.9 Å². The molecule has 1 aliphatic carbocycles. The second-order valence-electron chi connectivity index (χ2n) is 12.2. The number of carbonyl (C=O) groups excluding carboxylic acids is 1. The first-order valence-electron chi connectivity index (χ1n) is 16.2. The number of hydrazine groups is 1. The third kappa shape index (κ3) is 7.56. The number of esters is 1. The second-order valence-corrected chi connectivity index (χ2v) is 15.1. The Hall–Kier alpha value is -2.11. The van der Waals surface area contributed by atoms with Gasteiger partial charge in [0.05, 0.1) is 23.2 Å². The summed E-state index contributed by atoms with van der Waals surface area (Å²) in [6, 6.07) is 9.71. The highest BCUT2D eigenvalue weighted by Gasteiger charge is 2.51. The number of anilines is 1. The Labute approximate surface area is 276 Å². The van der Waals surface area contributed by atoms with E-state index >= 15 is 0 Å². The summed E-state index contributed by atoms with van der Waals surface area (Å²) >= 11 is 13.4. The highest BCUT2D eigenvalue weighted by Crippen LogP contribution is 2.40. The smallest absolute Gasteiger partial charge is 0.311 e. The molecule has 2 fully saturated rings. The number of nitrogens with zero attached hydrogens (tertiary/aromatic N) is 3. The molecule has 8 nitrogen and oxygen atoms in total. The van der Waals surface area contributed by atoms with Crippen LogP contribution in [0.5, 0.6) is 5.75 Å². The molecule has 0 N–H and O–H groups in total. The SMILES string of the molecule is CCOC(=O)C1Cc2ccc(OCc3c(F)cccc3Cl)cc2N(S(=O)(=O)C2CN(CC)N(C3CCCCCCCC3)C2Cl)C1. The molecule has 3 unspecified atom stereocenters. The van der Waals surface area contributed by atoms with Gasteiger partial charge in [0.25, 0.3) is 0 Å². The maximum atomic E-state index is 14.7. The van der Waals surface area contributed by atoms with Crippen molar-refractivity contribution in [1.82, 2.24) is 10.0 Å². The number of fused-ring (bicyclic) bond motifs is 1. The second kappa shape index (κ2) is 15.2. The molecule has 2 aromatic rings. The van der Waals surface area contributed by atoms with E-state index in [1.165, 1.54) is 42.1 Å². The summed E-state index contributed by atoms with van der Waals surface area (Å²) in [4.78, 5) is 12.9. The van der Waals surface area contributed by atoms with Crippen LogP contribution in [0.3, 0.4) is 0 Å². The average molecular weight is 685 g/mol. The number of halogens is 3. The number of alkyl halides is 1. The first kappa shape index (κ1) is 34.2. The zero-order chi connectivity index (χ0) is 32.1. The van der Waals surface area contributed by atoms with Crippen LogP contribution in [-0.2, 0) is 32.6 Å². The molecule has 5 rings (SSSR count). The van der Waals surface area contributed by atoms with E-state index in [2.05, 4.69) is 10.0 Å². The lowest BCUT2D eigenvalue weighted by molar-refractivity contribution is -0.147. The third-order valence-electron chi connectivity index (χ3n) is 9.27. The molecule has 0 aromatic heterocycles. The van der Waals surface area contributed by atoms with Crippen LogP contribution in [0, 0.1) is 11.7 Å². The van der Waals surface area contributed by atoms with Crippen molar-refractivity contribution in [3.63, 3.8) is 0 Å². The van der Waals surface area contributed by atoms with E-state index in [0.29, 0.717) is 30.0 Å². The van der Waals surface area contributed by atoms with Gasteiger partial charge in [-0.15, -0.1) is 11.6 Å². The number of sulfonamides is 1. The lowest BCUT2D eigenvalue weighted by atomic mass is 9.94. The summed E-state index contributed by atoms with van der Waals surface area (Å²) in [7, 11) is -4.07. The van der Waals surface area contributed by atoms with Crippen molar-refractivity contribution in [2.75, 3.05) is 30.5 Å². The fourth-order valence-corrected chi connectivity index (χ4v) is 9.76. The fraction of sp³-hybridized carbons (Fsp3) is 0.606. The third-order valence-corrected chi connectivity index (χ3v) is 12.4. The summed E-state index contributed by atoms with van der Waals surface area (Å²) in [6.07, 6.45) is 9.32. The minimum absolute atomic E-state index is 0.0631. The van der Waals surface area contributed by atoms with Crippen molar-refractivity contribution < 1.29 is 27.1 Å². The minimum atomic E-state index is -4.07. The molecular formula is C33H44Cl2FN3O5S. The van der Waals surface area contributed by atoms with Crippen LogP contribution >= 0.6 is 23.2 Å². The molecule has 2 heterocycles. The molecule has 2 aliphatic heterocycles. The molecule has 248 valence electrons. The molecule has 45 heavy (non-hydrogen) atoms. The standard InChI is InChI=1S/C33H44Cl2FN3O5S/c1-3-37-21-31(32(35)39(37)25-12-9-7-5-6-8-10-13-25)45(41,42)38-20-24(33(40)43-4-2)18-23-16-17-26(19-30(23)38)44-22-27-28(34)14-11-15-29(27)36/h11,14-17,19,24-25,31-32H,3-10,12-13,18,20-22H2,1-2H3. The Morgan fingerprint density at radius 1 is 1.02 bits per heavy atom. The maximum absolute atomic E-state index is 14.7. The van der Waals surface area contributed by atoms with Crippen LogP contribution in [0.25, 0.3) is 0 Å². The van der Waals surface area contributed by atoms with E-state index in [9.17, 15) is 17.6 Å². The van der Waals surface area contributed by atoms with Crippen LogP contribution in [0.1, 0.15) is 76.3 Å². The zero-order valence-corrected chi connectivity index (χ0v) is 28.4. The predicted molar refractivity (Wildman–Crippen MR) is 176 cm³/mol. The van der Waals surface area contributed by atoms with Crippen LogP contribution in [-0.4, -0.2) is 67.4 Å². The topological polar surface area (TPSA) is 79.4 Å². The highest BCUT2D eigenvalue weighted by atomic mass is 35.5. The van der Waals surface area contributed by atoms with Gasteiger partial charge in [-0.1, -0.05) is 69.2 Å². The van der Waals surface area contributed by atoms with Gasteiger partial charge in [-0.2, -0.15) is 0 Å². The molecule has 1 saturated heterocycles. The molecule has 2 aromatic carbocycles. The van der Waals surface area contributed by atoms with Gasteiger partial charge in [-0.05, 0) is 49.9 Å². The van der Waals surface area contributed by atoms with Crippen LogP contribution in [0.2, 0.25) is 5.02 Å². The minimum Gasteiger partial charge on any atom is -0.489 e. The lowest BCUT2D eigenvalue weighted by Gasteiger charge is -2.38. The molecular weight excluding hydrogens is 640 g/mol. The summed E-state index contributed by atoms with van der Waals surface area (Å²) in [6.45, 7) is 4.68. The number of benzene rings is 2. The first-order chi connectivity index (χ1) is 21.6. The first-order valence-corrected chi connectivity index (χ1v) is 18.5. The van der Waals surface area contributed by atoms with Crippen molar-refractivity contribution in [2.24, 2.45) is 5.92 Å². The van der Waals surface area contributed by atoms with Gasteiger partial charge < -0.3 is 9.47 Å². The van der Waals surface area contributed by atoms with Gasteiger partial charge in [-0.3, -0.25) is 9.10 Å². The Morgan fingerprint density at radius 3 is 2.40 bits per heavy atom. The molecule has 3 aliphatic rings. The maximum Gasteiger partial charge on any atom is 0.311 e.